The van der Waals surface area contributed by atoms with E-state index in [9.17, 15) is 19.2 Å². The van der Waals surface area contributed by atoms with Gasteiger partial charge in [0, 0.05) is 38.0 Å². The van der Waals surface area contributed by atoms with E-state index in [1.54, 1.807) is 34.7 Å². The van der Waals surface area contributed by atoms with Gasteiger partial charge in [-0.05, 0) is 46.0 Å². The highest BCUT2D eigenvalue weighted by Crippen LogP contribution is 2.16. The molecule has 186 valence electrons. The number of carboxylic acids is 1. The Labute approximate surface area is 192 Å². The van der Waals surface area contributed by atoms with Gasteiger partial charge in [0.1, 0.15) is 5.60 Å². The smallest absolute Gasteiger partial charge is 0.407 e. The van der Waals surface area contributed by atoms with Crippen molar-refractivity contribution in [1.29, 1.82) is 0 Å². The summed E-state index contributed by atoms with van der Waals surface area (Å²) >= 11 is 0. The molecular weight excluding hydrogens is 414 g/mol. The van der Waals surface area contributed by atoms with Gasteiger partial charge in [0.05, 0.1) is 6.42 Å². The molecule has 0 aromatic rings. The van der Waals surface area contributed by atoms with Gasteiger partial charge >= 0.3 is 12.1 Å². The van der Waals surface area contributed by atoms with Gasteiger partial charge in [-0.25, -0.2) is 4.79 Å². The highest BCUT2D eigenvalue weighted by Gasteiger charge is 2.27. The lowest BCUT2D eigenvalue weighted by atomic mass is 9.99. The number of rotatable bonds is 12. The zero-order chi connectivity index (χ0) is 25.2. The van der Waals surface area contributed by atoms with Gasteiger partial charge in [-0.15, -0.1) is 0 Å². The third kappa shape index (κ3) is 13.2. The molecule has 9 heteroatoms. The second-order valence-corrected chi connectivity index (χ2v) is 10.3. The van der Waals surface area contributed by atoms with Gasteiger partial charge < -0.3 is 25.4 Å². The van der Waals surface area contributed by atoms with Crippen LogP contribution in [-0.4, -0.2) is 64.7 Å². The summed E-state index contributed by atoms with van der Waals surface area (Å²) in [6.07, 6.45) is 0.00104. The van der Waals surface area contributed by atoms with Crippen LogP contribution in [0, 0.1) is 11.8 Å². The molecule has 0 bridgehead atoms. The van der Waals surface area contributed by atoms with E-state index >= 15 is 0 Å². The molecule has 0 saturated heterocycles. The Hall–Kier alpha value is -2.32. The molecule has 0 aromatic heterocycles. The van der Waals surface area contributed by atoms with Crippen molar-refractivity contribution < 1.29 is 29.0 Å². The van der Waals surface area contributed by atoms with Gasteiger partial charge in [0.2, 0.25) is 11.8 Å². The van der Waals surface area contributed by atoms with Crippen LogP contribution in [0.5, 0.6) is 0 Å². The lowest BCUT2D eigenvalue weighted by Gasteiger charge is -2.30. The molecule has 3 atom stereocenters. The third-order valence-electron chi connectivity index (χ3n) is 4.90. The fraction of sp³-hybridized carbons (Fsp3) is 0.826. The van der Waals surface area contributed by atoms with Crippen molar-refractivity contribution >= 4 is 23.9 Å². The minimum absolute atomic E-state index is 0.00384. The predicted molar refractivity (Wildman–Crippen MR) is 123 cm³/mol. The summed E-state index contributed by atoms with van der Waals surface area (Å²) in [7, 11) is 1.60. The van der Waals surface area contributed by atoms with Crippen LogP contribution < -0.4 is 10.6 Å². The van der Waals surface area contributed by atoms with E-state index in [0.29, 0.717) is 6.42 Å². The Kier molecular flexibility index (Phi) is 12.3. The Morgan fingerprint density at radius 1 is 0.938 bits per heavy atom. The molecule has 0 fully saturated rings. The van der Waals surface area contributed by atoms with Crippen molar-refractivity contribution in [3.05, 3.63) is 0 Å². The topological polar surface area (TPSA) is 125 Å². The monoisotopic (exact) mass is 457 g/mol. The van der Waals surface area contributed by atoms with E-state index in [4.69, 9.17) is 9.84 Å². The van der Waals surface area contributed by atoms with Crippen molar-refractivity contribution in [2.24, 2.45) is 11.8 Å². The van der Waals surface area contributed by atoms with Gasteiger partial charge in [-0.1, -0.05) is 27.7 Å². The van der Waals surface area contributed by atoms with Crippen LogP contribution in [0.15, 0.2) is 0 Å². The Balaban J connectivity index is 4.85. The number of hydrogen-bond acceptors (Lipinski definition) is 5. The number of carbonyl (C=O) groups is 4. The summed E-state index contributed by atoms with van der Waals surface area (Å²) in [4.78, 5) is 49.9. The molecule has 0 aromatic carbocycles. The second-order valence-electron chi connectivity index (χ2n) is 10.3. The van der Waals surface area contributed by atoms with E-state index in [-0.39, 0.29) is 42.9 Å². The zero-order valence-corrected chi connectivity index (χ0v) is 21.2. The molecule has 3 amide bonds. The maximum Gasteiger partial charge on any atom is 0.407 e. The van der Waals surface area contributed by atoms with Crippen LogP contribution in [0.4, 0.5) is 4.79 Å². The maximum absolute atomic E-state index is 12.7. The molecule has 0 radical (unpaired) electrons. The van der Waals surface area contributed by atoms with E-state index in [1.807, 2.05) is 27.7 Å². The van der Waals surface area contributed by atoms with E-state index < -0.39 is 35.8 Å². The number of carbonyl (C=O) groups excluding carboxylic acids is 3. The van der Waals surface area contributed by atoms with E-state index in [0.717, 1.165) is 0 Å². The number of amides is 3. The largest absolute Gasteiger partial charge is 0.481 e. The van der Waals surface area contributed by atoms with Gasteiger partial charge in [-0.2, -0.15) is 0 Å². The number of aliphatic carboxylic acids is 1. The molecule has 0 unspecified atom stereocenters. The Bertz CT molecular complexity index is 642. The minimum atomic E-state index is -0.950. The van der Waals surface area contributed by atoms with Crippen LogP contribution in [0.3, 0.4) is 0 Å². The van der Waals surface area contributed by atoms with Crippen LogP contribution in [-0.2, 0) is 19.1 Å². The molecule has 0 aliphatic heterocycles. The fourth-order valence-electron chi connectivity index (χ4n) is 3.23. The zero-order valence-electron chi connectivity index (χ0n) is 21.2. The van der Waals surface area contributed by atoms with Crippen molar-refractivity contribution in [2.75, 3.05) is 7.05 Å². The molecule has 0 spiro atoms. The molecule has 0 rings (SSSR count). The summed E-state index contributed by atoms with van der Waals surface area (Å²) < 4.78 is 5.26. The molecule has 9 nitrogen and oxygen atoms in total. The van der Waals surface area contributed by atoms with Crippen LogP contribution >= 0.6 is 0 Å². The van der Waals surface area contributed by atoms with Crippen molar-refractivity contribution in [3.8, 4) is 0 Å². The van der Waals surface area contributed by atoms with Gasteiger partial charge in [-0.3, -0.25) is 14.4 Å². The van der Waals surface area contributed by atoms with Crippen molar-refractivity contribution in [3.63, 3.8) is 0 Å². The average Bonchev–Trinajstić information content (AvgIpc) is 2.56. The number of nitrogens with zero attached hydrogens (tertiary/aromatic N) is 1. The number of alkyl carbamates (subject to hydrolysis) is 1. The van der Waals surface area contributed by atoms with E-state index in [2.05, 4.69) is 10.6 Å². The molecule has 3 N–H and O–H groups in total. The normalized spacial score (nSPS) is 14.5. The minimum Gasteiger partial charge on any atom is -0.481 e. The van der Waals surface area contributed by atoms with Crippen LogP contribution in [0.1, 0.15) is 81.1 Å². The fourth-order valence-corrected chi connectivity index (χ4v) is 3.23. The van der Waals surface area contributed by atoms with Crippen molar-refractivity contribution in [2.45, 2.75) is 105 Å². The molecule has 0 aliphatic carbocycles. The standard InChI is InChI=1S/C23H43N3O6/c1-14(2)10-17(12-21(29)30)26(9)20(28)11-16(5)24-19(27)13-18(15(3)4)25-22(31)32-23(6,7)8/h14-18H,10-13H2,1-9H3,(H,24,27)(H,25,31)(H,29,30)/t16-,17-,18+/m0/s1. The summed E-state index contributed by atoms with van der Waals surface area (Å²) in [5.41, 5.74) is -0.636. The Morgan fingerprint density at radius 3 is 1.94 bits per heavy atom. The third-order valence-corrected chi connectivity index (χ3v) is 4.90. The lowest BCUT2D eigenvalue weighted by Crippen LogP contribution is -2.46. The first-order chi connectivity index (χ1) is 14.5. The van der Waals surface area contributed by atoms with Crippen LogP contribution in [0.25, 0.3) is 0 Å². The number of hydrogen-bond donors (Lipinski definition) is 3. The molecule has 32 heavy (non-hydrogen) atoms. The first kappa shape index (κ1) is 29.7. The highest BCUT2D eigenvalue weighted by atomic mass is 16.6. The lowest BCUT2D eigenvalue weighted by molar-refractivity contribution is -0.140. The SMILES string of the molecule is CC(C)C[C@@H](CC(=O)O)N(C)C(=O)C[C@H](C)NC(=O)C[C@@H](NC(=O)OC(C)(C)C)C(C)C. The first-order valence-corrected chi connectivity index (χ1v) is 11.3. The maximum atomic E-state index is 12.7. The summed E-state index contributed by atoms with van der Waals surface area (Å²) in [5, 5.41) is 14.7. The number of carboxylic acid groups (broad SMARTS) is 1. The second kappa shape index (κ2) is 13.3. The Morgan fingerprint density at radius 2 is 1.50 bits per heavy atom. The van der Waals surface area contributed by atoms with Gasteiger partial charge in [0.15, 0.2) is 0 Å². The summed E-state index contributed by atoms with van der Waals surface area (Å²) in [6.45, 7) is 14.8. The molecular formula is C23H43N3O6. The highest BCUT2D eigenvalue weighted by molar-refractivity contribution is 5.81. The molecule has 0 aliphatic rings. The molecule has 0 saturated carbocycles. The number of ether oxygens (including phenoxy) is 1. The van der Waals surface area contributed by atoms with Gasteiger partial charge in [0.25, 0.3) is 0 Å². The van der Waals surface area contributed by atoms with Crippen LogP contribution in [0.2, 0.25) is 0 Å². The first-order valence-electron chi connectivity index (χ1n) is 11.3. The summed E-state index contributed by atoms with van der Waals surface area (Å²) in [5.74, 6) is -1.21. The molecule has 0 heterocycles. The predicted octanol–water partition coefficient (Wildman–Crippen LogP) is 3.17. The number of nitrogens with one attached hydrogen (secondary N) is 2. The quantitative estimate of drug-likeness (QED) is 0.413. The van der Waals surface area contributed by atoms with Crippen molar-refractivity contribution in [1.82, 2.24) is 15.5 Å². The van der Waals surface area contributed by atoms with E-state index in [1.165, 1.54) is 4.90 Å². The average molecular weight is 458 g/mol. The summed E-state index contributed by atoms with van der Waals surface area (Å²) in [6, 6.07) is -1.25.